The molecule has 0 spiro atoms. The summed E-state index contributed by atoms with van der Waals surface area (Å²) in [6.07, 6.45) is 0. The molecule has 0 saturated heterocycles. The van der Waals surface area contributed by atoms with Crippen molar-refractivity contribution in [2.45, 2.75) is 26.3 Å². The van der Waals surface area contributed by atoms with Crippen LogP contribution in [0.3, 0.4) is 0 Å². The van der Waals surface area contributed by atoms with Gasteiger partial charge in [0.05, 0.1) is 22.9 Å². The molecule has 0 N–H and O–H groups in total. The fourth-order valence-corrected chi connectivity index (χ4v) is 0.856. The Bertz CT molecular complexity index is 406. The van der Waals surface area contributed by atoms with Crippen molar-refractivity contribution in [1.82, 2.24) is 5.01 Å². The van der Waals surface area contributed by atoms with E-state index in [4.69, 9.17) is 5.26 Å². The summed E-state index contributed by atoms with van der Waals surface area (Å²) in [7, 11) is 1.88. The normalized spacial score (nSPS) is 11.4. The van der Waals surface area contributed by atoms with Crippen LogP contribution in [0.2, 0.25) is 0 Å². The molecule has 0 aromatic heterocycles. The second-order valence-corrected chi connectivity index (χ2v) is 4.54. The van der Waals surface area contributed by atoms with E-state index in [1.807, 2.05) is 7.05 Å². The maximum atomic E-state index is 8.64. The summed E-state index contributed by atoms with van der Waals surface area (Å²) < 4.78 is 0. The first-order valence-electron chi connectivity index (χ1n) is 5.09. The molecule has 1 aromatic carbocycles. The first kappa shape index (κ1) is 12.2. The Kier molecular flexibility index (Phi) is 3.62. The quantitative estimate of drug-likeness (QED) is 0.562. The number of hydrogen-bond acceptors (Lipinski definition) is 3. The molecule has 16 heavy (non-hydrogen) atoms. The summed E-state index contributed by atoms with van der Waals surface area (Å²) in [5.41, 5.74) is 1.33. The van der Waals surface area contributed by atoms with Gasteiger partial charge in [-0.1, -0.05) is 5.22 Å². The van der Waals surface area contributed by atoms with Gasteiger partial charge in [-0.05, 0) is 45.0 Å². The Balaban J connectivity index is 2.74. The number of benzene rings is 1. The first-order valence-corrected chi connectivity index (χ1v) is 5.09. The van der Waals surface area contributed by atoms with Crippen LogP contribution >= 0.6 is 0 Å². The van der Waals surface area contributed by atoms with E-state index in [2.05, 4.69) is 37.2 Å². The molecule has 1 rings (SSSR count). The van der Waals surface area contributed by atoms with E-state index in [1.54, 1.807) is 29.3 Å². The van der Waals surface area contributed by atoms with Gasteiger partial charge in [-0.2, -0.15) is 5.26 Å². The average molecular weight is 216 g/mol. The lowest BCUT2D eigenvalue weighted by atomic mass is 10.1. The highest BCUT2D eigenvalue weighted by molar-refractivity contribution is 5.41. The Hall–Kier alpha value is -1.89. The molecule has 0 unspecified atom stereocenters. The van der Waals surface area contributed by atoms with Crippen LogP contribution in [0.1, 0.15) is 26.3 Å². The van der Waals surface area contributed by atoms with Crippen LogP contribution in [-0.4, -0.2) is 17.6 Å². The number of rotatable bonds is 2. The van der Waals surface area contributed by atoms with Crippen LogP contribution in [0.25, 0.3) is 0 Å². The molecule has 0 radical (unpaired) electrons. The third kappa shape index (κ3) is 3.35. The van der Waals surface area contributed by atoms with Gasteiger partial charge in [-0.25, -0.2) is 0 Å². The van der Waals surface area contributed by atoms with E-state index in [9.17, 15) is 0 Å². The molecular formula is C12H16N4. The number of hydrogen-bond donors (Lipinski definition) is 0. The van der Waals surface area contributed by atoms with Crippen molar-refractivity contribution >= 4 is 5.69 Å². The van der Waals surface area contributed by atoms with Gasteiger partial charge in [0.25, 0.3) is 0 Å². The second-order valence-electron chi connectivity index (χ2n) is 4.54. The first-order chi connectivity index (χ1) is 7.43. The van der Waals surface area contributed by atoms with Crippen LogP contribution < -0.4 is 0 Å². The van der Waals surface area contributed by atoms with Crippen molar-refractivity contribution in [1.29, 1.82) is 5.26 Å². The van der Waals surface area contributed by atoms with Crippen molar-refractivity contribution < 1.29 is 0 Å². The van der Waals surface area contributed by atoms with E-state index in [0.717, 1.165) is 5.69 Å². The van der Waals surface area contributed by atoms with Crippen molar-refractivity contribution in [3.05, 3.63) is 29.8 Å². The minimum atomic E-state index is -0.0455. The van der Waals surface area contributed by atoms with Crippen molar-refractivity contribution in [2.24, 2.45) is 10.3 Å². The molecule has 0 heterocycles. The SMILES string of the molecule is CN(N=Nc1ccc(C#N)cc1)C(C)(C)C. The Morgan fingerprint density at radius 3 is 2.19 bits per heavy atom. The van der Waals surface area contributed by atoms with E-state index in [0.29, 0.717) is 5.56 Å². The van der Waals surface area contributed by atoms with Crippen LogP contribution in [0.15, 0.2) is 34.6 Å². The smallest absolute Gasteiger partial charge is 0.0991 e. The predicted octanol–water partition coefficient (Wildman–Crippen LogP) is 3.29. The van der Waals surface area contributed by atoms with Crippen LogP contribution in [-0.2, 0) is 0 Å². The minimum absolute atomic E-state index is 0.0455. The van der Waals surface area contributed by atoms with Gasteiger partial charge in [-0.3, -0.25) is 5.01 Å². The van der Waals surface area contributed by atoms with Crippen molar-refractivity contribution in [2.75, 3.05) is 7.05 Å². The minimum Gasteiger partial charge on any atom is -0.276 e. The molecule has 0 bridgehead atoms. The molecule has 0 saturated carbocycles. The second kappa shape index (κ2) is 4.75. The van der Waals surface area contributed by atoms with Gasteiger partial charge in [0.15, 0.2) is 0 Å². The van der Waals surface area contributed by atoms with Gasteiger partial charge in [0.1, 0.15) is 0 Å². The van der Waals surface area contributed by atoms with Crippen LogP contribution in [0.5, 0.6) is 0 Å². The predicted molar refractivity (Wildman–Crippen MR) is 63.2 cm³/mol. The summed E-state index contributed by atoms with van der Waals surface area (Å²) in [5, 5.41) is 18.6. The molecule has 0 fully saturated rings. The van der Waals surface area contributed by atoms with E-state index >= 15 is 0 Å². The van der Waals surface area contributed by atoms with Crippen molar-refractivity contribution in [3.8, 4) is 6.07 Å². The van der Waals surface area contributed by atoms with Crippen LogP contribution in [0, 0.1) is 11.3 Å². The highest BCUT2D eigenvalue weighted by Gasteiger charge is 2.14. The zero-order chi connectivity index (χ0) is 12.2. The monoisotopic (exact) mass is 216 g/mol. The van der Waals surface area contributed by atoms with E-state index in [1.165, 1.54) is 0 Å². The zero-order valence-corrected chi connectivity index (χ0v) is 10.1. The van der Waals surface area contributed by atoms with Gasteiger partial charge < -0.3 is 0 Å². The fourth-order valence-electron chi connectivity index (χ4n) is 0.856. The molecule has 4 heteroatoms. The highest BCUT2D eigenvalue weighted by atomic mass is 15.5. The summed E-state index contributed by atoms with van der Waals surface area (Å²) in [4.78, 5) is 0. The highest BCUT2D eigenvalue weighted by Crippen LogP contribution is 2.16. The summed E-state index contributed by atoms with van der Waals surface area (Å²) >= 11 is 0. The maximum Gasteiger partial charge on any atom is 0.0991 e. The molecule has 84 valence electrons. The van der Waals surface area contributed by atoms with Gasteiger partial charge >= 0.3 is 0 Å². The van der Waals surface area contributed by atoms with E-state index in [-0.39, 0.29) is 5.54 Å². The lowest BCUT2D eigenvalue weighted by Gasteiger charge is -2.27. The van der Waals surface area contributed by atoms with Gasteiger partial charge in [-0.15, -0.1) is 5.11 Å². The zero-order valence-electron chi connectivity index (χ0n) is 10.1. The molecule has 4 nitrogen and oxygen atoms in total. The lowest BCUT2D eigenvalue weighted by Crippen LogP contribution is -2.33. The Morgan fingerprint density at radius 2 is 1.75 bits per heavy atom. The standard InChI is InChI=1S/C12H16N4/c1-12(2,3)16(4)15-14-11-7-5-10(9-13)6-8-11/h5-8H,1-4H3. The van der Waals surface area contributed by atoms with Gasteiger partial charge in [0, 0.05) is 7.05 Å². The lowest BCUT2D eigenvalue weighted by molar-refractivity contribution is 0.171. The van der Waals surface area contributed by atoms with Crippen LogP contribution in [0.4, 0.5) is 5.69 Å². The molecule has 0 amide bonds. The Morgan fingerprint density at radius 1 is 1.19 bits per heavy atom. The number of nitriles is 1. The molecule has 0 aliphatic heterocycles. The summed E-state index contributed by atoms with van der Waals surface area (Å²) in [5.74, 6) is 0. The third-order valence-electron chi connectivity index (χ3n) is 2.26. The summed E-state index contributed by atoms with van der Waals surface area (Å²) in [6.45, 7) is 6.18. The molecule has 0 atom stereocenters. The van der Waals surface area contributed by atoms with Gasteiger partial charge in [0.2, 0.25) is 0 Å². The maximum absolute atomic E-state index is 8.64. The largest absolute Gasteiger partial charge is 0.276 e. The Labute approximate surface area is 96.2 Å². The summed E-state index contributed by atoms with van der Waals surface area (Å²) in [6, 6.07) is 9.07. The molecule has 0 aliphatic rings. The molecular weight excluding hydrogens is 200 g/mol. The topological polar surface area (TPSA) is 51.8 Å². The number of nitrogens with zero attached hydrogens (tertiary/aromatic N) is 4. The third-order valence-corrected chi connectivity index (χ3v) is 2.26. The van der Waals surface area contributed by atoms with Crippen molar-refractivity contribution in [3.63, 3.8) is 0 Å². The fraction of sp³-hybridized carbons (Fsp3) is 0.417. The van der Waals surface area contributed by atoms with E-state index < -0.39 is 0 Å². The molecule has 0 aliphatic carbocycles. The molecule has 1 aromatic rings. The average Bonchev–Trinajstić information content (AvgIpc) is 2.25.